The van der Waals surface area contributed by atoms with E-state index in [0.717, 1.165) is 16.7 Å². The molecule has 138 valence electrons. The predicted molar refractivity (Wildman–Crippen MR) is 101 cm³/mol. The van der Waals surface area contributed by atoms with Crippen LogP contribution in [0.15, 0.2) is 12.1 Å². The molecule has 1 saturated heterocycles. The summed E-state index contributed by atoms with van der Waals surface area (Å²) >= 11 is 0. The highest BCUT2D eigenvalue weighted by Crippen LogP contribution is 2.38. The zero-order valence-electron chi connectivity index (χ0n) is 16.5. The van der Waals surface area contributed by atoms with Gasteiger partial charge < -0.3 is 16.0 Å². The van der Waals surface area contributed by atoms with Crippen molar-refractivity contribution in [3.63, 3.8) is 0 Å². The molecule has 3 N–H and O–H groups in total. The van der Waals surface area contributed by atoms with Crippen LogP contribution in [0.1, 0.15) is 57.2 Å². The van der Waals surface area contributed by atoms with Gasteiger partial charge in [-0.2, -0.15) is 0 Å². The highest BCUT2D eigenvalue weighted by Gasteiger charge is 2.48. The first-order valence-corrected chi connectivity index (χ1v) is 8.84. The predicted octanol–water partition coefficient (Wildman–Crippen LogP) is 3.06. The normalized spacial score (nSPS) is 19.6. The van der Waals surface area contributed by atoms with Gasteiger partial charge in [0.1, 0.15) is 0 Å². The summed E-state index contributed by atoms with van der Waals surface area (Å²) < 4.78 is 0. The summed E-state index contributed by atoms with van der Waals surface area (Å²) in [6.07, 6.45) is 1.36. The zero-order valence-corrected chi connectivity index (χ0v) is 16.5. The Morgan fingerprint density at radius 2 is 1.48 bits per heavy atom. The first-order valence-electron chi connectivity index (χ1n) is 8.84. The Hall–Kier alpha value is -1.88. The molecule has 1 aliphatic heterocycles. The van der Waals surface area contributed by atoms with Crippen molar-refractivity contribution < 1.29 is 9.59 Å². The lowest BCUT2D eigenvalue weighted by molar-refractivity contribution is -0.156. The number of carbonyl (C=O) groups is 2. The first-order chi connectivity index (χ1) is 11.3. The molecule has 1 aromatic rings. The minimum Gasteiger partial charge on any atom is -0.328 e. The van der Waals surface area contributed by atoms with Crippen molar-refractivity contribution >= 4 is 17.5 Å². The molecule has 2 rings (SSSR count). The molecule has 0 radical (unpaired) electrons. The second-order valence-corrected chi connectivity index (χ2v) is 8.66. The van der Waals surface area contributed by atoms with Crippen molar-refractivity contribution in [3.8, 4) is 0 Å². The third-order valence-corrected chi connectivity index (χ3v) is 5.05. The summed E-state index contributed by atoms with van der Waals surface area (Å²) in [5.74, 6) is -1.09. The van der Waals surface area contributed by atoms with Gasteiger partial charge in [0.05, 0.1) is 0 Å². The molecule has 5 heteroatoms. The molecule has 0 saturated carbocycles. The van der Waals surface area contributed by atoms with Gasteiger partial charge in [0, 0.05) is 22.8 Å². The minimum absolute atomic E-state index is 0.0266. The van der Waals surface area contributed by atoms with E-state index in [9.17, 15) is 9.59 Å². The van der Waals surface area contributed by atoms with Crippen molar-refractivity contribution in [2.24, 2.45) is 5.73 Å². The van der Waals surface area contributed by atoms with Crippen LogP contribution in [-0.2, 0) is 9.59 Å². The number of piperidine rings is 1. The summed E-state index contributed by atoms with van der Waals surface area (Å²) in [4.78, 5) is 27.4. The fraction of sp³-hybridized carbons (Fsp3) is 0.600. The van der Waals surface area contributed by atoms with Crippen LogP contribution in [0.3, 0.4) is 0 Å². The molecular formula is C20H31N3O2. The monoisotopic (exact) mass is 345 g/mol. The van der Waals surface area contributed by atoms with Crippen molar-refractivity contribution in [1.29, 1.82) is 0 Å². The quantitative estimate of drug-likeness (QED) is 0.768. The second-order valence-electron chi connectivity index (χ2n) is 8.66. The number of anilines is 1. The van der Waals surface area contributed by atoms with Crippen LogP contribution in [0.5, 0.6) is 0 Å². The van der Waals surface area contributed by atoms with Gasteiger partial charge in [0.2, 0.25) is 0 Å². The van der Waals surface area contributed by atoms with Crippen LogP contribution in [0.4, 0.5) is 5.69 Å². The van der Waals surface area contributed by atoms with E-state index >= 15 is 0 Å². The summed E-state index contributed by atoms with van der Waals surface area (Å²) in [7, 11) is 0. The van der Waals surface area contributed by atoms with E-state index in [2.05, 4.69) is 5.32 Å². The molecule has 0 bridgehead atoms. The Balaban J connectivity index is 2.29. The fourth-order valence-corrected chi connectivity index (χ4v) is 4.55. The number of rotatable bonds is 1. The number of benzene rings is 1. The van der Waals surface area contributed by atoms with Crippen LogP contribution >= 0.6 is 0 Å². The number of likely N-dealkylation sites (tertiary alicyclic amines) is 1. The third kappa shape index (κ3) is 3.87. The molecule has 5 nitrogen and oxygen atoms in total. The molecule has 25 heavy (non-hydrogen) atoms. The average Bonchev–Trinajstić information content (AvgIpc) is 2.38. The van der Waals surface area contributed by atoms with Crippen LogP contribution in [0.2, 0.25) is 0 Å². The molecule has 0 unspecified atom stereocenters. The van der Waals surface area contributed by atoms with Gasteiger partial charge in [-0.15, -0.1) is 0 Å². The molecule has 1 aliphatic rings. The Kier molecular flexibility index (Phi) is 5.01. The van der Waals surface area contributed by atoms with E-state index in [1.165, 1.54) is 0 Å². The number of aryl methyl sites for hydroxylation is 3. The lowest BCUT2D eigenvalue weighted by Crippen LogP contribution is -2.66. The molecule has 0 aromatic heterocycles. The lowest BCUT2D eigenvalue weighted by Gasteiger charge is -2.54. The lowest BCUT2D eigenvalue weighted by atomic mass is 9.77. The number of nitrogens with two attached hydrogens (primary N) is 1. The van der Waals surface area contributed by atoms with Gasteiger partial charge in [-0.25, -0.2) is 0 Å². The molecule has 2 amide bonds. The standard InChI is InChI=1S/C20H31N3O2/c1-12-8-13(2)16(14(3)9-12)22-17(24)18(25)23-19(4,5)10-15(21)11-20(23,6)7/h8-9,15H,10-11,21H2,1-7H3,(H,22,24). The molecule has 0 spiro atoms. The second kappa shape index (κ2) is 6.45. The molecule has 0 atom stereocenters. The SMILES string of the molecule is Cc1cc(C)c(NC(=O)C(=O)N2C(C)(C)CC(N)CC2(C)C)c(C)c1. The van der Waals surface area contributed by atoms with E-state index in [-0.39, 0.29) is 6.04 Å². The van der Waals surface area contributed by atoms with Gasteiger partial charge >= 0.3 is 11.8 Å². The van der Waals surface area contributed by atoms with Crippen molar-refractivity contribution in [3.05, 3.63) is 28.8 Å². The Morgan fingerprint density at radius 3 is 1.92 bits per heavy atom. The maximum atomic E-state index is 13.0. The zero-order chi connectivity index (χ0) is 19.2. The minimum atomic E-state index is -0.591. The Labute approximate surface area is 151 Å². The molecule has 1 fully saturated rings. The number of hydrogen-bond donors (Lipinski definition) is 2. The number of hydrogen-bond acceptors (Lipinski definition) is 3. The van der Waals surface area contributed by atoms with Crippen LogP contribution in [0, 0.1) is 20.8 Å². The van der Waals surface area contributed by atoms with Crippen LogP contribution in [0.25, 0.3) is 0 Å². The molecule has 1 heterocycles. The Morgan fingerprint density at radius 1 is 1.04 bits per heavy atom. The number of amides is 2. The first kappa shape index (κ1) is 19.4. The van der Waals surface area contributed by atoms with Crippen LogP contribution < -0.4 is 11.1 Å². The highest BCUT2D eigenvalue weighted by molar-refractivity contribution is 6.40. The van der Waals surface area contributed by atoms with Gasteiger partial charge in [0.15, 0.2) is 0 Å². The third-order valence-electron chi connectivity index (χ3n) is 5.05. The Bertz CT molecular complexity index is 666. The van der Waals surface area contributed by atoms with E-state index in [1.54, 1.807) is 4.90 Å². The topological polar surface area (TPSA) is 75.4 Å². The fourth-order valence-electron chi connectivity index (χ4n) is 4.55. The number of nitrogens with zero attached hydrogens (tertiary/aromatic N) is 1. The van der Waals surface area contributed by atoms with E-state index < -0.39 is 22.9 Å². The van der Waals surface area contributed by atoms with Gasteiger partial charge in [0.25, 0.3) is 0 Å². The van der Waals surface area contributed by atoms with Gasteiger partial charge in [-0.05, 0) is 72.4 Å². The average molecular weight is 345 g/mol. The van der Waals surface area contributed by atoms with Gasteiger partial charge in [-0.3, -0.25) is 9.59 Å². The summed E-state index contributed by atoms with van der Waals surface area (Å²) in [5, 5.41) is 2.83. The molecule has 1 aromatic carbocycles. The summed E-state index contributed by atoms with van der Waals surface area (Å²) in [6.45, 7) is 13.8. The van der Waals surface area contributed by atoms with Crippen molar-refractivity contribution in [2.45, 2.75) is 78.4 Å². The summed E-state index contributed by atoms with van der Waals surface area (Å²) in [5.41, 5.74) is 8.99. The number of carbonyl (C=O) groups excluding carboxylic acids is 2. The van der Waals surface area contributed by atoms with E-state index in [4.69, 9.17) is 5.73 Å². The molecular weight excluding hydrogens is 314 g/mol. The van der Waals surface area contributed by atoms with Crippen molar-refractivity contribution in [1.82, 2.24) is 4.90 Å². The van der Waals surface area contributed by atoms with Crippen molar-refractivity contribution in [2.75, 3.05) is 5.32 Å². The van der Waals surface area contributed by atoms with E-state index in [0.29, 0.717) is 18.5 Å². The van der Waals surface area contributed by atoms with E-state index in [1.807, 2.05) is 60.6 Å². The number of nitrogens with one attached hydrogen (secondary N) is 1. The van der Waals surface area contributed by atoms with Crippen LogP contribution in [-0.4, -0.2) is 33.8 Å². The summed E-state index contributed by atoms with van der Waals surface area (Å²) in [6, 6.07) is 4.03. The maximum absolute atomic E-state index is 13.0. The van der Waals surface area contributed by atoms with Gasteiger partial charge in [-0.1, -0.05) is 17.7 Å². The highest BCUT2D eigenvalue weighted by atomic mass is 16.2. The molecule has 0 aliphatic carbocycles. The maximum Gasteiger partial charge on any atom is 0.313 e. The smallest absolute Gasteiger partial charge is 0.313 e. The largest absolute Gasteiger partial charge is 0.328 e.